The summed E-state index contributed by atoms with van der Waals surface area (Å²) >= 11 is 0. The van der Waals surface area contributed by atoms with Crippen molar-refractivity contribution in [3.05, 3.63) is 29.3 Å². The smallest absolute Gasteiger partial charge is 0.417 e. The van der Waals surface area contributed by atoms with Crippen LogP contribution in [0.4, 0.5) is 18.9 Å². The van der Waals surface area contributed by atoms with Crippen molar-refractivity contribution in [1.82, 2.24) is 0 Å². The zero-order valence-electron chi connectivity index (χ0n) is 10.9. The molecule has 0 radical (unpaired) electrons. The summed E-state index contributed by atoms with van der Waals surface area (Å²) in [6, 6.07) is 2.81. The molecule has 6 nitrogen and oxygen atoms in total. The highest BCUT2D eigenvalue weighted by Crippen LogP contribution is 2.33. The first kappa shape index (κ1) is 16.8. The molecule has 0 aliphatic carbocycles. The molecule has 0 aliphatic heterocycles. The largest absolute Gasteiger partial charge is 0.479 e. The number of methoxy groups -OCH3 is 1. The maximum atomic E-state index is 12.8. The fraction of sp³-hybridized carbons (Fsp3) is 0.333. The minimum atomic E-state index is -4.75. The van der Waals surface area contributed by atoms with Gasteiger partial charge in [-0.3, -0.25) is 4.79 Å². The van der Waals surface area contributed by atoms with Crippen molar-refractivity contribution in [2.75, 3.05) is 19.0 Å². The molecule has 1 aromatic carbocycles. The van der Waals surface area contributed by atoms with Gasteiger partial charge in [0.15, 0.2) is 6.10 Å². The Labute approximate surface area is 117 Å². The summed E-state index contributed by atoms with van der Waals surface area (Å²) < 4.78 is 43.1. The number of carboxylic acids is 1. The number of nitrogens with two attached hydrogens (primary N) is 1. The lowest BCUT2D eigenvalue weighted by molar-refractivity contribution is -0.147. The van der Waals surface area contributed by atoms with E-state index in [1.165, 1.54) is 6.07 Å². The van der Waals surface area contributed by atoms with Crippen LogP contribution < -0.4 is 11.1 Å². The molecule has 116 valence electrons. The summed E-state index contributed by atoms with van der Waals surface area (Å²) in [5.74, 6) is -2.45. The average Bonchev–Trinajstić information content (AvgIpc) is 2.37. The normalized spacial score (nSPS) is 12.8. The Morgan fingerprint density at radius 3 is 2.48 bits per heavy atom. The standard InChI is InChI=1S/C12H13F3N2O4/c1-21-9(11(19)20)5-17-6-2-3-7(10(16)18)8(4-6)12(13,14)15/h2-4,9,17H,5H2,1H3,(H2,16,18)(H,19,20). The monoisotopic (exact) mass is 306 g/mol. The number of hydrogen-bond acceptors (Lipinski definition) is 4. The number of carbonyl (C=O) groups excluding carboxylic acids is 1. The van der Waals surface area contributed by atoms with Crippen LogP contribution >= 0.6 is 0 Å². The molecule has 0 aliphatic rings. The van der Waals surface area contributed by atoms with Crippen LogP contribution in [-0.4, -0.2) is 36.7 Å². The van der Waals surface area contributed by atoms with Gasteiger partial charge < -0.3 is 20.9 Å². The number of carbonyl (C=O) groups is 2. The van der Waals surface area contributed by atoms with Gasteiger partial charge in [-0.1, -0.05) is 0 Å². The van der Waals surface area contributed by atoms with Crippen LogP contribution in [0.1, 0.15) is 15.9 Å². The predicted octanol–water partition coefficient (Wildman–Crippen LogP) is 1.32. The highest BCUT2D eigenvalue weighted by molar-refractivity contribution is 5.95. The van der Waals surface area contributed by atoms with E-state index in [-0.39, 0.29) is 12.2 Å². The molecule has 1 amide bonds. The number of rotatable bonds is 6. The number of carboxylic acid groups (broad SMARTS) is 1. The third-order valence-corrected chi connectivity index (χ3v) is 2.64. The van der Waals surface area contributed by atoms with Crippen LogP contribution in [0.15, 0.2) is 18.2 Å². The molecule has 4 N–H and O–H groups in total. The summed E-state index contributed by atoms with van der Waals surface area (Å²) in [5.41, 5.74) is 3.04. The summed E-state index contributed by atoms with van der Waals surface area (Å²) in [6.45, 7) is -0.237. The number of primary amides is 1. The average molecular weight is 306 g/mol. The minimum absolute atomic E-state index is 0.00405. The van der Waals surface area contributed by atoms with Gasteiger partial charge in [-0.2, -0.15) is 13.2 Å². The SMILES string of the molecule is COC(CNc1ccc(C(N)=O)c(C(F)(F)F)c1)C(=O)O. The number of halogens is 3. The molecule has 9 heteroatoms. The number of ether oxygens (including phenoxy) is 1. The summed E-state index contributed by atoms with van der Waals surface area (Å²) in [4.78, 5) is 21.7. The van der Waals surface area contributed by atoms with E-state index in [0.717, 1.165) is 13.2 Å². The molecule has 21 heavy (non-hydrogen) atoms. The molecule has 0 saturated carbocycles. The second-order valence-corrected chi connectivity index (χ2v) is 4.07. The van der Waals surface area contributed by atoms with Gasteiger partial charge in [0.2, 0.25) is 5.91 Å². The number of anilines is 1. The van der Waals surface area contributed by atoms with Gasteiger partial charge in [0.05, 0.1) is 17.7 Å². The van der Waals surface area contributed by atoms with Crippen LogP contribution in [-0.2, 0) is 15.7 Å². The van der Waals surface area contributed by atoms with Gasteiger partial charge in [0, 0.05) is 12.8 Å². The van der Waals surface area contributed by atoms with E-state index in [2.05, 4.69) is 10.1 Å². The van der Waals surface area contributed by atoms with Gasteiger partial charge in [-0.15, -0.1) is 0 Å². The third-order valence-electron chi connectivity index (χ3n) is 2.64. The van der Waals surface area contributed by atoms with Crippen molar-refractivity contribution in [3.8, 4) is 0 Å². The van der Waals surface area contributed by atoms with E-state index in [1.54, 1.807) is 0 Å². The van der Waals surface area contributed by atoms with Crippen LogP contribution in [0.3, 0.4) is 0 Å². The number of nitrogens with one attached hydrogen (secondary N) is 1. The summed E-state index contributed by atoms with van der Waals surface area (Å²) in [5, 5.41) is 11.2. The van der Waals surface area contributed by atoms with Gasteiger partial charge in [0.1, 0.15) is 0 Å². The van der Waals surface area contributed by atoms with Crippen LogP contribution in [0, 0.1) is 0 Å². The van der Waals surface area contributed by atoms with E-state index >= 15 is 0 Å². The highest BCUT2D eigenvalue weighted by atomic mass is 19.4. The summed E-state index contributed by atoms with van der Waals surface area (Å²) in [6.07, 6.45) is -5.97. The lowest BCUT2D eigenvalue weighted by Crippen LogP contribution is -2.30. The quantitative estimate of drug-likeness (QED) is 0.735. The van der Waals surface area contributed by atoms with E-state index < -0.39 is 35.3 Å². The molecule has 0 bridgehead atoms. The van der Waals surface area contributed by atoms with Crippen LogP contribution in [0.25, 0.3) is 0 Å². The number of hydrogen-bond donors (Lipinski definition) is 3. The number of aliphatic carboxylic acids is 1. The Balaban J connectivity index is 3.01. The first-order valence-electron chi connectivity index (χ1n) is 5.67. The molecular formula is C12H13F3N2O4. The second-order valence-electron chi connectivity index (χ2n) is 4.07. The van der Waals surface area contributed by atoms with Crippen LogP contribution in [0.2, 0.25) is 0 Å². The molecule has 0 aromatic heterocycles. The lowest BCUT2D eigenvalue weighted by Gasteiger charge is -2.15. The lowest BCUT2D eigenvalue weighted by atomic mass is 10.1. The second kappa shape index (κ2) is 6.44. The van der Waals surface area contributed by atoms with E-state index in [9.17, 15) is 22.8 Å². The number of alkyl halides is 3. The highest BCUT2D eigenvalue weighted by Gasteiger charge is 2.35. The van der Waals surface area contributed by atoms with E-state index in [4.69, 9.17) is 10.8 Å². The molecule has 0 fully saturated rings. The predicted molar refractivity (Wildman–Crippen MR) is 66.9 cm³/mol. The van der Waals surface area contributed by atoms with Crippen molar-refractivity contribution in [1.29, 1.82) is 0 Å². The first-order chi connectivity index (χ1) is 9.66. The number of benzene rings is 1. The molecule has 1 rings (SSSR count). The van der Waals surface area contributed by atoms with Gasteiger partial charge in [0.25, 0.3) is 0 Å². The van der Waals surface area contributed by atoms with Gasteiger partial charge in [-0.25, -0.2) is 4.79 Å². The molecule has 0 saturated heterocycles. The Kier molecular flexibility index (Phi) is 5.14. The van der Waals surface area contributed by atoms with E-state index in [0.29, 0.717) is 6.07 Å². The van der Waals surface area contributed by atoms with Crippen molar-refractivity contribution in [2.24, 2.45) is 5.73 Å². The van der Waals surface area contributed by atoms with E-state index in [1.807, 2.05) is 0 Å². The van der Waals surface area contributed by atoms with Crippen molar-refractivity contribution < 1.29 is 32.6 Å². The van der Waals surface area contributed by atoms with Crippen molar-refractivity contribution >= 4 is 17.6 Å². The Bertz CT molecular complexity index is 546. The maximum absolute atomic E-state index is 12.8. The van der Waals surface area contributed by atoms with Gasteiger partial charge in [-0.05, 0) is 18.2 Å². The molecule has 1 unspecified atom stereocenters. The summed E-state index contributed by atoms with van der Waals surface area (Å²) in [7, 11) is 1.16. The van der Waals surface area contributed by atoms with Crippen molar-refractivity contribution in [3.63, 3.8) is 0 Å². The fourth-order valence-electron chi connectivity index (χ4n) is 1.59. The third kappa shape index (κ3) is 4.35. The molecule has 0 heterocycles. The number of amides is 1. The Morgan fingerprint density at radius 2 is 2.05 bits per heavy atom. The first-order valence-corrected chi connectivity index (χ1v) is 5.67. The molecule has 1 atom stereocenters. The zero-order chi connectivity index (χ0) is 16.2. The maximum Gasteiger partial charge on any atom is 0.417 e. The molecular weight excluding hydrogens is 293 g/mol. The van der Waals surface area contributed by atoms with Crippen LogP contribution in [0.5, 0.6) is 0 Å². The molecule has 0 spiro atoms. The Hall–Kier alpha value is -2.29. The topological polar surface area (TPSA) is 102 Å². The zero-order valence-corrected chi connectivity index (χ0v) is 10.9. The Morgan fingerprint density at radius 1 is 1.43 bits per heavy atom. The fourth-order valence-corrected chi connectivity index (χ4v) is 1.59. The van der Waals surface area contributed by atoms with Gasteiger partial charge >= 0.3 is 12.1 Å². The minimum Gasteiger partial charge on any atom is -0.479 e. The van der Waals surface area contributed by atoms with Crippen molar-refractivity contribution in [2.45, 2.75) is 12.3 Å². The molecule has 1 aromatic rings.